The van der Waals surface area contributed by atoms with E-state index in [2.05, 4.69) is 60.7 Å². The summed E-state index contributed by atoms with van der Waals surface area (Å²) in [6, 6.07) is 25.5. The molecule has 4 rings (SSSR count). The maximum atomic E-state index is 11.7. The van der Waals surface area contributed by atoms with E-state index in [0.717, 1.165) is 6.42 Å². The Morgan fingerprint density at radius 2 is 1.38 bits per heavy atom. The molecule has 1 aliphatic rings. The van der Waals surface area contributed by atoms with Crippen LogP contribution in [-0.4, -0.2) is 27.0 Å². The summed E-state index contributed by atoms with van der Waals surface area (Å²) in [5.41, 5.74) is 3.46. The molecule has 3 heteroatoms. The standard InChI is InChI=1S/C21H17O2Se/c1-23-21(22)15-10-12-18(13-11-15)24-19-8-4-2-6-16(19)14-17-7-3-5-9-20(17)24/h2-13H,14H2,1H3. The van der Waals surface area contributed by atoms with Crippen LogP contribution in [0.3, 0.4) is 0 Å². The molecule has 119 valence electrons. The third-order valence-corrected chi connectivity index (χ3v) is 9.35. The van der Waals surface area contributed by atoms with Gasteiger partial charge in [0.2, 0.25) is 0 Å². The molecule has 0 bridgehead atoms. The summed E-state index contributed by atoms with van der Waals surface area (Å²) in [5, 5.41) is 0. The summed E-state index contributed by atoms with van der Waals surface area (Å²) < 4.78 is 9.08. The summed E-state index contributed by atoms with van der Waals surface area (Å²) in [4.78, 5) is 11.7. The van der Waals surface area contributed by atoms with Gasteiger partial charge in [-0.3, -0.25) is 0 Å². The zero-order valence-corrected chi connectivity index (χ0v) is 15.1. The summed E-state index contributed by atoms with van der Waals surface area (Å²) in [6.07, 6.45) is 1.01. The Balaban J connectivity index is 1.84. The van der Waals surface area contributed by atoms with Crippen molar-refractivity contribution in [2.45, 2.75) is 6.42 Å². The summed E-state index contributed by atoms with van der Waals surface area (Å²) in [7, 11) is 1.41. The molecule has 0 aliphatic carbocycles. The van der Waals surface area contributed by atoms with Crippen LogP contribution in [0, 0.1) is 0 Å². The number of ether oxygens (including phenoxy) is 1. The first-order valence-electron chi connectivity index (χ1n) is 7.86. The van der Waals surface area contributed by atoms with E-state index >= 15 is 0 Å². The van der Waals surface area contributed by atoms with Crippen molar-refractivity contribution in [2.24, 2.45) is 0 Å². The van der Waals surface area contributed by atoms with E-state index in [0.29, 0.717) is 5.56 Å². The Hall–Kier alpha value is -2.35. The van der Waals surface area contributed by atoms with Crippen LogP contribution in [0.5, 0.6) is 0 Å². The first kappa shape index (κ1) is 15.2. The minimum absolute atomic E-state index is 0.286. The van der Waals surface area contributed by atoms with Crippen molar-refractivity contribution in [3.05, 3.63) is 89.5 Å². The molecule has 0 unspecified atom stereocenters. The number of esters is 1. The van der Waals surface area contributed by atoms with Crippen LogP contribution in [0.25, 0.3) is 0 Å². The molecule has 1 radical (unpaired) electrons. The van der Waals surface area contributed by atoms with Crippen LogP contribution < -0.4 is 13.4 Å². The van der Waals surface area contributed by atoms with E-state index in [4.69, 9.17) is 4.74 Å². The van der Waals surface area contributed by atoms with E-state index in [9.17, 15) is 4.79 Å². The molecule has 0 spiro atoms. The number of rotatable bonds is 2. The monoisotopic (exact) mass is 381 g/mol. The molecular weight excluding hydrogens is 363 g/mol. The average Bonchev–Trinajstić information content (AvgIpc) is 2.65. The molecule has 0 fully saturated rings. The topological polar surface area (TPSA) is 26.3 Å². The number of methoxy groups -OCH3 is 1. The number of carbonyl (C=O) groups excluding carboxylic acids is 1. The zero-order valence-electron chi connectivity index (χ0n) is 13.4. The van der Waals surface area contributed by atoms with Crippen molar-refractivity contribution >= 4 is 33.3 Å². The van der Waals surface area contributed by atoms with Gasteiger partial charge in [0.05, 0.1) is 0 Å². The van der Waals surface area contributed by atoms with Gasteiger partial charge in [0.15, 0.2) is 0 Å². The fourth-order valence-corrected chi connectivity index (χ4v) is 8.13. The number of hydrogen-bond acceptors (Lipinski definition) is 2. The van der Waals surface area contributed by atoms with Crippen molar-refractivity contribution < 1.29 is 9.53 Å². The molecule has 1 heterocycles. The third kappa shape index (κ3) is 2.56. The van der Waals surface area contributed by atoms with Crippen molar-refractivity contribution in [3.63, 3.8) is 0 Å². The molecule has 0 amide bonds. The van der Waals surface area contributed by atoms with Crippen LogP contribution in [0.15, 0.2) is 72.8 Å². The molecular formula is C21H17O2Se. The Kier molecular flexibility index (Phi) is 3.97. The predicted octanol–water partition coefficient (Wildman–Crippen LogP) is 1.89. The molecule has 1 aliphatic heterocycles. The van der Waals surface area contributed by atoms with Gasteiger partial charge >= 0.3 is 146 Å². The number of benzene rings is 3. The van der Waals surface area contributed by atoms with E-state index in [1.54, 1.807) is 0 Å². The molecule has 3 aromatic carbocycles. The summed E-state index contributed by atoms with van der Waals surface area (Å²) in [6.45, 7) is 0. The molecule has 3 aromatic rings. The molecule has 0 N–H and O–H groups in total. The SMILES string of the molecule is COC(=O)c1ccc([Se]2c3ccccc3Cc3ccccc32)cc1. The molecule has 0 atom stereocenters. The summed E-state index contributed by atoms with van der Waals surface area (Å²) in [5.74, 6) is -0.286. The fourth-order valence-electron chi connectivity index (χ4n) is 3.12. The first-order valence-corrected chi connectivity index (χ1v) is 10.4. The van der Waals surface area contributed by atoms with Gasteiger partial charge in [-0.2, -0.15) is 0 Å². The van der Waals surface area contributed by atoms with E-state index < -0.39 is 13.9 Å². The van der Waals surface area contributed by atoms with Crippen LogP contribution in [0.2, 0.25) is 0 Å². The van der Waals surface area contributed by atoms with E-state index in [1.807, 2.05) is 12.1 Å². The minimum atomic E-state index is -1.32. The maximum absolute atomic E-state index is 11.7. The van der Waals surface area contributed by atoms with Crippen molar-refractivity contribution in [1.82, 2.24) is 0 Å². The fraction of sp³-hybridized carbons (Fsp3) is 0.0952. The van der Waals surface area contributed by atoms with Crippen LogP contribution >= 0.6 is 0 Å². The van der Waals surface area contributed by atoms with Gasteiger partial charge in [0.1, 0.15) is 0 Å². The van der Waals surface area contributed by atoms with Crippen LogP contribution in [-0.2, 0) is 11.2 Å². The molecule has 2 nitrogen and oxygen atoms in total. The van der Waals surface area contributed by atoms with Crippen LogP contribution in [0.1, 0.15) is 21.5 Å². The van der Waals surface area contributed by atoms with Crippen molar-refractivity contribution in [3.8, 4) is 0 Å². The normalized spacial score (nSPS) is 13.0. The van der Waals surface area contributed by atoms with Crippen molar-refractivity contribution in [1.29, 1.82) is 0 Å². The first-order chi connectivity index (χ1) is 11.8. The Morgan fingerprint density at radius 3 is 1.92 bits per heavy atom. The quantitative estimate of drug-likeness (QED) is 0.392. The average molecular weight is 380 g/mol. The second kappa shape index (κ2) is 6.27. The van der Waals surface area contributed by atoms with Gasteiger partial charge in [-0.25, -0.2) is 0 Å². The predicted molar refractivity (Wildman–Crippen MR) is 98.1 cm³/mol. The Labute approximate surface area is 146 Å². The van der Waals surface area contributed by atoms with E-state index in [-0.39, 0.29) is 5.97 Å². The Bertz CT molecular complexity index is 854. The number of hydrogen-bond donors (Lipinski definition) is 0. The zero-order chi connectivity index (χ0) is 16.5. The summed E-state index contributed by atoms with van der Waals surface area (Å²) >= 11 is -1.32. The van der Waals surface area contributed by atoms with E-state index in [1.165, 1.54) is 31.6 Å². The second-order valence-electron chi connectivity index (χ2n) is 5.71. The molecule has 0 saturated carbocycles. The number of carbonyl (C=O) groups is 1. The second-order valence-corrected chi connectivity index (χ2v) is 9.83. The van der Waals surface area contributed by atoms with Crippen LogP contribution in [0.4, 0.5) is 0 Å². The van der Waals surface area contributed by atoms with Gasteiger partial charge in [-0.05, 0) is 0 Å². The van der Waals surface area contributed by atoms with Gasteiger partial charge < -0.3 is 0 Å². The third-order valence-electron chi connectivity index (χ3n) is 4.28. The number of fused-ring (bicyclic) bond motifs is 2. The molecule has 24 heavy (non-hydrogen) atoms. The van der Waals surface area contributed by atoms with Crippen molar-refractivity contribution in [2.75, 3.05) is 7.11 Å². The van der Waals surface area contributed by atoms with Gasteiger partial charge in [-0.1, -0.05) is 0 Å². The molecule has 0 saturated heterocycles. The molecule has 0 aromatic heterocycles. The Morgan fingerprint density at radius 1 is 0.833 bits per heavy atom. The van der Waals surface area contributed by atoms with Gasteiger partial charge in [-0.15, -0.1) is 0 Å². The van der Waals surface area contributed by atoms with Gasteiger partial charge in [0, 0.05) is 0 Å². The van der Waals surface area contributed by atoms with Gasteiger partial charge in [0.25, 0.3) is 0 Å².